The maximum absolute atomic E-state index is 12.3. The molecule has 0 radical (unpaired) electrons. The van der Waals surface area contributed by atoms with Gasteiger partial charge in [-0.05, 0) is 49.4 Å². The molecule has 126 valence electrons. The van der Waals surface area contributed by atoms with Crippen molar-refractivity contribution in [2.24, 2.45) is 0 Å². The lowest BCUT2D eigenvalue weighted by Crippen LogP contribution is -2.12. The van der Waals surface area contributed by atoms with Crippen LogP contribution in [0.5, 0.6) is 0 Å². The minimum atomic E-state index is -0.290. The number of aromatic nitrogens is 2. The number of nitrogens with zero attached hydrogens (tertiary/aromatic N) is 2. The highest BCUT2D eigenvalue weighted by molar-refractivity contribution is 8.01. The van der Waals surface area contributed by atoms with E-state index < -0.39 is 0 Å². The molecule has 1 aromatic carbocycles. The van der Waals surface area contributed by atoms with E-state index in [1.54, 1.807) is 6.92 Å². The number of ether oxygens (including phenoxy) is 1. The molecule has 0 atom stereocenters. The standard InChI is InChI=1S/C16H17N3O3S2/c1-2-22-13(20)9-23-16-19-18-15(24-16)17-14(21)12-7-6-10-4-3-5-11(10)8-12/h6-8H,2-5,9H2,1H3,(H,17,18,21). The first kappa shape index (κ1) is 16.9. The number of thioether (sulfide) groups is 1. The van der Waals surface area contributed by atoms with Crippen LogP contribution in [0.2, 0.25) is 0 Å². The molecule has 1 heterocycles. The van der Waals surface area contributed by atoms with Crippen LogP contribution in [0.4, 0.5) is 5.13 Å². The fraction of sp³-hybridized carbons (Fsp3) is 0.375. The smallest absolute Gasteiger partial charge is 0.316 e. The van der Waals surface area contributed by atoms with E-state index >= 15 is 0 Å². The van der Waals surface area contributed by atoms with Crippen LogP contribution in [0.15, 0.2) is 22.5 Å². The third-order valence-electron chi connectivity index (χ3n) is 3.61. The Labute approximate surface area is 148 Å². The largest absolute Gasteiger partial charge is 0.465 e. The first-order chi connectivity index (χ1) is 11.7. The van der Waals surface area contributed by atoms with Crippen LogP contribution in [0.3, 0.4) is 0 Å². The van der Waals surface area contributed by atoms with Gasteiger partial charge in [-0.15, -0.1) is 10.2 Å². The van der Waals surface area contributed by atoms with E-state index in [1.807, 2.05) is 18.2 Å². The number of carbonyl (C=O) groups is 2. The Kier molecular flexibility index (Phi) is 5.47. The number of hydrogen-bond donors (Lipinski definition) is 1. The van der Waals surface area contributed by atoms with Crippen molar-refractivity contribution in [3.8, 4) is 0 Å². The summed E-state index contributed by atoms with van der Waals surface area (Å²) in [6, 6.07) is 5.82. The van der Waals surface area contributed by atoms with Crippen LogP contribution >= 0.6 is 23.1 Å². The number of esters is 1. The normalized spacial score (nSPS) is 12.7. The number of anilines is 1. The molecule has 0 unspecified atom stereocenters. The van der Waals surface area contributed by atoms with Gasteiger partial charge < -0.3 is 4.74 Å². The lowest BCUT2D eigenvalue weighted by molar-refractivity contribution is -0.139. The number of carbonyl (C=O) groups excluding carboxylic acids is 2. The maximum Gasteiger partial charge on any atom is 0.316 e. The van der Waals surface area contributed by atoms with Gasteiger partial charge in [-0.1, -0.05) is 29.2 Å². The van der Waals surface area contributed by atoms with E-state index in [4.69, 9.17) is 4.74 Å². The molecule has 6 nitrogen and oxygen atoms in total. The van der Waals surface area contributed by atoms with Crippen molar-refractivity contribution in [3.05, 3.63) is 34.9 Å². The van der Waals surface area contributed by atoms with E-state index in [9.17, 15) is 9.59 Å². The first-order valence-electron chi connectivity index (χ1n) is 7.71. The molecule has 3 rings (SSSR count). The molecule has 8 heteroatoms. The molecule has 0 saturated carbocycles. The number of benzene rings is 1. The molecule has 0 saturated heterocycles. The summed E-state index contributed by atoms with van der Waals surface area (Å²) >= 11 is 2.49. The molecule has 1 amide bonds. The quantitative estimate of drug-likeness (QED) is 0.483. The van der Waals surface area contributed by atoms with Crippen molar-refractivity contribution in [2.75, 3.05) is 17.7 Å². The molecule has 1 aliphatic rings. The van der Waals surface area contributed by atoms with Crippen LogP contribution in [-0.2, 0) is 22.4 Å². The minimum Gasteiger partial charge on any atom is -0.465 e. The van der Waals surface area contributed by atoms with Gasteiger partial charge in [0.05, 0.1) is 12.4 Å². The van der Waals surface area contributed by atoms with Crippen molar-refractivity contribution in [1.82, 2.24) is 10.2 Å². The number of nitrogens with one attached hydrogen (secondary N) is 1. The highest BCUT2D eigenvalue weighted by Crippen LogP contribution is 2.27. The van der Waals surface area contributed by atoms with Crippen LogP contribution < -0.4 is 5.32 Å². The summed E-state index contributed by atoms with van der Waals surface area (Å²) in [4.78, 5) is 23.6. The summed E-state index contributed by atoms with van der Waals surface area (Å²) in [6.07, 6.45) is 3.27. The maximum atomic E-state index is 12.3. The highest BCUT2D eigenvalue weighted by atomic mass is 32.2. The van der Waals surface area contributed by atoms with Gasteiger partial charge in [0.2, 0.25) is 5.13 Å². The number of hydrogen-bond acceptors (Lipinski definition) is 7. The van der Waals surface area contributed by atoms with Gasteiger partial charge in [-0.3, -0.25) is 14.9 Å². The number of amides is 1. The Morgan fingerprint density at radius 2 is 2.12 bits per heavy atom. The van der Waals surface area contributed by atoms with Crippen LogP contribution in [0, 0.1) is 0 Å². The summed E-state index contributed by atoms with van der Waals surface area (Å²) in [5, 5.41) is 11.1. The van der Waals surface area contributed by atoms with E-state index in [1.165, 1.54) is 34.2 Å². The SMILES string of the molecule is CCOC(=O)CSc1nnc(NC(=O)c2ccc3c(c2)CCC3)s1. The number of rotatable bonds is 6. The molecular weight excluding hydrogens is 346 g/mol. The third kappa shape index (κ3) is 4.12. The monoisotopic (exact) mass is 363 g/mol. The number of aryl methyl sites for hydroxylation is 2. The minimum absolute atomic E-state index is 0.182. The third-order valence-corrected chi connectivity index (χ3v) is 5.55. The van der Waals surface area contributed by atoms with E-state index in [2.05, 4.69) is 15.5 Å². The molecule has 1 aromatic heterocycles. The molecule has 0 bridgehead atoms. The second-order valence-electron chi connectivity index (χ2n) is 5.26. The average molecular weight is 363 g/mol. The first-order valence-corrected chi connectivity index (χ1v) is 9.51. The summed E-state index contributed by atoms with van der Waals surface area (Å²) < 4.78 is 5.47. The Hall–Kier alpha value is -1.93. The molecule has 0 fully saturated rings. The predicted molar refractivity (Wildman–Crippen MR) is 93.7 cm³/mol. The summed E-state index contributed by atoms with van der Waals surface area (Å²) in [6.45, 7) is 2.12. The van der Waals surface area contributed by atoms with Gasteiger partial charge >= 0.3 is 5.97 Å². The van der Waals surface area contributed by atoms with Crippen LogP contribution in [0.1, 0.15) is 34.8 Å². The van der Waals surface area contributed by atoms with Crippen molar-refractivity contribution >= 4 is 40.1 Å². The van der Waals surface area contributed by atoms with Crippen molar-refractivity contribution < 1.29 is 14.3 Å². The van der Waals surface area contributed by atoms with Gasteiger partial charge in [-0.25, -0.2) is 0 Å². The Balaban J connectivity index is 1.58. The zero-order valence-corrected chi connectivity index (χ0v) is 14.8. The van der Waals surface area contributed by atoms with Crippen LogP contribution in [0.25, 0.3) is 0 Å². The van der Waals surface area contributed by atoms with E-state index in [0.717, 1.165) is 19.3 Å². The molecular formula is C16H17N3O3S2. The predicted octanol–water partition coefficient (Wildman–Crippen LogP) is 2.93. The molecule has 2 aromatic rings. The molecule has 0 aliphatic heterocycles. The fourth-order valence-corrected chi connectivity index (χ4v) is 4.07. The molecule has 1 N–H and O–H groups in total. The van der Waals surface area contributed by atoms with Crippen molar-refractivity contribution in [2.45, 2.75) is 30.5 Å². The second-order valence-corrected chi connectivity index (χ2v) is 7.46. The average Bonchev–Trinajstić information content (AvgIpc) is 3.21. The van der Waals surface area contributed by atoms with Crippen molar-refractivity contribution in [1.29, 1.82) is 0 Å². The van der Waals surface area contributed by atoms with Gasteiger partial charge in [-0.2, -0.15) is 0 Å². The Bertz CT molecular complexity index is 761. The fourth-order valence-electron chi connectivity index (χ4n) is 2.52. The zero-order valence-electron chi connectivity index (χ0n) is 13.2. The molecule has 0 spiro atoms. The molecule has 1 aliphatic carbocycles. The molecule has 24 heavy (non-hydrogen) atoms. The van der Waals surface area contributed by atoms with Crippen molar-refractivity contribution in [3.63, 3.8) is 0 Å². The van der Waals surface area contributed by atoms with Gasteiger partial charge in [0.1, 0.15) is 0 Å². The second kappa shape index (κ2) is 7.76. The zero-order chi connectivity index (χ0) is 16.9. The topological polar surface area (TPSA) is 81.2 Å². The summed E-state index contributed by atoms with van der Waals surface area (Å²) in [5.41, 5.74) is 3.22. The van der Waals surface area contributed by atoms with E-state index in [-0.39, 0.29) is 17.6 Å². The lowest BCUT2D eigenvalue weighted by Gasteiger charge is -2.04. The van der Waals surface area contributed by atoms with Gasteiger partial charge in [0, 0.05) is 5.56 Å². The summed E-state index contributed by atoms with van der Waals surface area (Å²) in [5.74, 6) is -0.300. The lowest BCUT2D eigenvalue weighted by atomic mass is 10.1. The van der Waals surface area contributed by atoms with E-state index in [0.29, 0.717) is 21.6 Å². The van der Waals surface area contributed by atoms with Crippen LogP contribution in [-0.4, -0.2) is 34.4 Å². The van der Waals surface area contributed by atoms with Gasteiger partial charge in [0.25, 0.3) is 5.91 Å². The Morgan fingerprint density at radius 1 is 1.29 bits per heavy atom. The summed E-state index contributed by atoms with van der Waals surface area (Å²) in [7, 11) is 0. The highest BCUT2D eigenvalue weighted by Gasteiger charge is 2.15. The Morgan fingerprint density at radius 3 is 2.96 bits per heavy atom. The van der Waals surface area contributed by atoms with Gasteiger partial charge in [0.15, 0.2) is 4.34 Å². The number of fused-ring (bicyclic) bond motifs is 1.